The average molecular weight is 412 g/mol. The topological polar surface area (TPSA) is 60.2 Å². The van der Waals surface area contributed by atoms with Gasteiger partial charge in [-0.25, -0.2) is 0 Å². The molecular weight excluding hydrogens is 386 g/mol. The van der Waals surface area contributed by atoms with E-state index in [4.69, 9.17) is 9.26 Å². The number of benzene rings is 3. The Labute approximate surface area is 182 Å². The van der Waals surface area contributed by atoms with Gasteiger partial charge in [0.05, 0.1) is 6.61 Å². The van der Waals surface area contributed by atoms with E-state index in [1.54, 1.807) is 7.11 Å². The summed E-state index contributed by atoms with van der Waals surface area (Å²) in [5, 5.41) is 7.66. The van der Waals surface area contributed by atoms with Crippen molar-refractivity contribution in [3.8, 4) is 34.0 Å². The van der Waals surface area contributed by atoms with Crippen molar-refractivity contribution in [1.29, 1.82) is 0 Å². The molecule has 0 unspecified atom stereocenters. The Bertz CT molecular complexity index is 1230. The molecule has 0 aliphatic carbocycles. The molecule has 1 aromatic heterocycles. The molecular formula is C26H25N3O2. The van der Waals surface area contributed by atoms with Crippen LogP contribution in [0.1, 0.15) is 22.3 Å². The number of ether oxygens (including phenoxy) is 1. The SMILES string of the molecule is COCc1cc(-c2nc(-c3ccc4c(c3)CNCC4)no2)ccc1-c1ccccc1C. The number of aryl methyl sites for hydroxylation is 1. The second kappa shape index (κ2) is 8.46. The highest BCUT2D eigenvalue weighted by Gasteiger charge is 2.16. The number of methoxy groups -OCH3 is 1. The fourth-order valence-electron chi connectivity index (χ4n) is 4.22. The highest BCUT2D eigenvalue weighted by Crippen LogP contribution is 2.32. The number of nitrogens with zero attached hydrogens (tertiary/aromatic N) is 2. The number of rotatable bonds is 5. The predicted octanol–water partition coefficient (Wildman–Crippen LogP) is 5.17. The molecule has 0 spiro atoms. The molecule has 156 valence electrons. The van der Waals surface area contributed by atoms with Crippen molar-refractivity contribution in [2.24, 2.45) is 0 Å². The minimum absolute atomic E-state index is 0.510. The van der Waals surface area contributed by atoms with E-state index in [2.05, 4.69) is 77.0 Å². The van der Waals surface area contributed by atoms with Crippen molar-refractivity contribution < 1.29 is 9.26 Å². The first-order valence-electron chi connectivity index (χ1n) is 10.6. The molecule has 0 bridgehead atoms. The molecule has 0 fully saturated rings. The predicted molar refractivity (Wildman–Crippen MR) is 121 cm³/mol. The van der Waals surface area contributed by atoms with Crippen LogP contribution in [0.15, 0.2) is 65.2 Å². The molecule has 5 nitrogen and oxygen atoms in total. The van der Waals surface area contributed by atoms with Gasteiger partial charge in [-0.1, -0.05) is 47.6 Å². The Morgan fingerprint density at radius 2 is 1.84 bits per heavy atom. The third kappa shape index (κ3) is 3.90. The molecule has 5 heteroatoms. The lowest BCUT2D eigenvalue weighted by Gasteiger charge is -2.17. The maximum Gasteiger partial charge on any atom is 0.258 e. The summed E-state index contributed by atoms with van der Waals surface area (Å²) in [6, 6.07) is 21.0. The lowest BCUT2D eigenvalue weighted by molar-refractivity contribution is 0.185. The van der Waals surface area contributed by atoms with Gasteiger partial charge < -0.3 is 14.6 Å². The summed E-state index contributed by atoms with van der Waals surface area (Å²) < 4.78 is 11.1. The molecule has 2 heterocycles. The molecule has 3 aromatic carbocycles. The molecule has 0 atom stereocenters. The zero-order chi connectivity index (χ0) is 21.2. The van der Waals surface area contributed by atoms with E-state index in [1.807, 2.05) is 6.07 Å². The molecule has 0 radical (unpaired) electrons. The van der Waals surface area contributed by atoms with E-state index in [1.165, 1.54) is 22.3 Å². The first-order chi connectivity index (χ1) is 15.2. The number of nitrogens with one attached hydrogen (secondary N) is 1. The second-order valence-corrected chi connectivity index (χ2v) is 7.95. The van der Waals surface area contributed by atoms with E-state index in [-0.39, 0.29) is 0 Å². The van der Waals surface area contributed by atoms with Gasteiger partial charge in [0.2, 0.25) is 5.82 Å². The van der Waals surface area contributed by atoms with Crippen LogP contribution in [0, 0.1) is 6.92 Å². The molecule has 1 N–H and O–H groups in total. The van der Waals surface area contributed by atoms with Crippen LogP contribution >= 0.6 is 0 Å². The van der Waals surface area contributed by atoms with Gasteiger partial charge in [-0.05, 0) is 71.5 Å². The molecule has 0 amide bonds. The summed E-state index contributed by atoms with van der Waals surface area (Å²) in [5.74, 6) is 1.12. The van der Waals surface area contributed by atoms with Gasteiger partial charge in [-0.15, -0.1) is 0 Å². The molecule has 0 saturated carbocycles. The van der Waals surface area contributed by atoms with Crippen LogP contribution < -0.4 is 5.32 Å². The quantitative estimate of drug-likeness (QED) is 0.491. The molecule has 31 heavy (non-hydrogen) atoms. The van der Waals surface area contributed by atoms with E-state index in [0.717, 1.165) is 41.8 Å². The monoisotopic (exact) mass is 411 g/mol. The van der Waals surface area contributed by atoms with E-state index in [9.17, 15) is 0 Å². The summed E-state index contributed by atoms with van der Waals surface area (Å²) in [7, 11) is 1.71. The molecule has 0 saturated heterocycles. The Kier molecular flexibility index (Phi) is 5.37. The first kappa shape index (κ1) is 19.7. The highest BCUT2D eigenvalue weighted by molar-refractivity contribution is 5.74. The fraction of sp³-hybridized carbons (Fsp3) is 0.231. The summed E-state index contributed by atoms with van der Waals surface area (Å²) in [5.41, 5.74) is 9.25. The van der Waals surface area contributed by atoms with Crippen molar-refractivity contribution in [3.63, 3.8) is 0 Å². The number of hydrogen-bond acceptors (Lipinski definition) is 5. The van der Waals surface area contributed by atoms with Crippen molar-refractivity contribution in [1.82, 2.24) is 15.5 Å². The van der Waals surface area contributed by atoms with Crippen LogP contribution in [-0.2, 0) is 24.3 Å². The zero-order valence-corrected chi connectivity index (χ0v) is 17.8. The van der Waals surface area contributed by atoms with Gasteiger partial charge in [-0.2, -0.15) is 4.98 Å². The van der Waals surface area contributed by atoms with Crippen LogP contribution in [0.25, 0.3) is 34.0 Å². The maximum absolute atomic E-state index is 5.63. The minimum atomic E-state index is 0.510. The van der Waals surface area contributed by atoms with Crippen LogP contribution in [0.3, 0.4) is 0 Å². The smallest absolute Gasteiger partial charge is 0.258 e. The fourth-order valence-corrected chi connectivity index (χ4v) is 4.22. The number of fused-ring (bicyclic) bond motifs is 1. The lowest BCUT2D eigenvalue weighted by atomic mass is 9.94. The Morgan fingerprint density at radius 1 is 0.968 bits per heavy atom. The van der Waals surface area contributed by atoms with Gasteiger partial charge in [0.1, 0.15) is 0 Å². The van der Waals surface area contributed by atoms with Gasteiger partial charge in [-0.3, -0.25) is 0 Å². The lowest BCUT2D eigenvalue weighted by Crippen LogP contribution is -2.23. The van der Waals surface area contributed by atoms with Gasteiger partial charge in [0.25, 0.3) is 5.89 Å². The van der Waals surface area contributed by atoms with E-state index in [0.29, 0.717) is 18.3 Å². The summed E-state index contributed by atoms with van der Waals surface area (Å²) in [6.45, 7) is 4.55. The van der Waals surface area contributed by atoms with Gasteiger partial charge in [0, 0.05) is 24.8 Å². The third-order valence-electron chi connectivity index (χ3n) is 5.86. The van der Waals surface area contributed by atoms with E-state index >= 15 is 0 Å². The normalized spacial score (nSPS) is 13.2. The van der Waals surface area contributed by atoms with Crippen LogP contribution in [-0.4, -0.2) is 23.8 Å². The van der Waals surface area contributed by atoms with Crippen molar-refractivity contribution in [3.05, 3.63) is 82.9 Å². The van der Waals surface area contributed by atoms with Crippen LogP contribution in [0.5, 0.6) is 0 Å². The Morgan fingerprint density at radius 3 is 2.71 bits per heavy atom. The van der Waals surface area contributed by atoms with Crippen molar-refractivity contribution in [2.45, 2.75) is 26.5 Å². The zero-order valence-electron chi connectivity index (χ0n) is 17.8. The summed E-state index contributed by atoms with van der Waals surface area (Å²) >= 11 is 0. The maximum atomic E-state index is 5.63. The molecule has 5 rings (SSSR count). The van der Waals surface area contributed by atoms with Gasteiger partial charge in [0.15, 0.2) is 0 Å². The average Bonchev–Trinajstić information content (AvgIpc) is 3.30. The Hall–Kier alpha value is -3.28. The van der Waals surface area contributed by atoms with Crippen molar-refractivity contribution >= 4 is 0 Å². The van der Waals surface area contributed by atoms with E-state index < -0.39 is 0 Å². The van der Waals surface area contributed by atoms with Crippen LogP contribution in [0.2, 0.25) is 0 Å². The third-order valence-corrected chi connectivity index (χ3v) is 5.86. The van der Waals surface area contributed by atoms with Gasteiger partial charge >= 0.3 is 0 Å². The molecule has 1 aliphatic heterocycles. The number of hydrogen-bond donors (Lipinski definition) is 1. The standard InChI is InChI=1S/C26H25N3O2/c1-17-5-3-4-6-23(17)24-10-9-20(14-22(24)16-30-2)26-28-25(29-31-26)19-8-7-18-11-12-27-15-21(18)13-19/h3-10,13-14,27H,11-12,15-16H2,1-2H3. The highest BCUT2D eigenvalue weighted by atomic mass is 16.5. The summed E-state index contributed by atoms with van der Waals surface area (Å²) in [4.78, 5) is 4.68. The molecule has 1 aliphatic rings. The largest absolute Gasteiger partial charge is 0.380 e. The van der Waals surface area contributed by atoms with Crippen LogP contribution in [0.4, 0.5) is 0 Å². The van der Waals surface area contributed by atoms with Crippen molar-refractivity contribution in [2.75, 3.05) is 13.7 Å². The summed E-state index contributed by atoms with van der Waals surface area (Å²) in [6.07, 6.45) is 1.06. The molecule has 4 aromatic rings. The first-order valence-corrected chi connectivity index (χ1v) is 10.6. The minimum Gasteiger partial charge on any atom is -0.380 e. The number of aromatic nitrogens is 2. The second-order valence-electron chi connectivity index (χ2n) is 7.95. The Balaban J connectivity index is 1.49.